The van der Waals surface area contributed by atoms with Crippen molar-refractivity contribution < 1.29 is 14.3 Å². The van der Waals surface area contributed by atoms with Crippen molar-refractivity contribution in [2.24, 2.45) is 0 Å². The summed E-state index contributed by atoms with van der Waals surface area (Å²) in [6.45, 7) is 1.88. The Morgan fingerprint density at radius 2 is 2.07 bits per heavy atom. The maximum absolute atomic E-state index is 12.6. The molecule has 1 aromatic carbocycles. The van der Waals surface area contributed by atoms with E-state index >= 15 is 0 Å². The van der Waals surface area contributed by atoms with Gasteiger partial charge in [-0.05, 0) is 31.2 Å². The van der Waals surface area contributed by atoms with Gasteiger partial charge in [-0.1, -0.05) is 17.7 Å². The van der Waals surface area contributed by atoms with Crippen molar-refractivity contribution in [1.82, 2.24) is 14.8 Å². The highest BCUT2D eigenvalue weighted by molar-refractivity contribution is 6.02. The minimum absolute atomic E-state index is 0.00522. The summed E-state index contributed by atoms with van der Waals surface area (Å²) in [5, 5.41) is 16.1. The zero-order chi connectivity index (χ0) is 20.8. The van der Waals surface area contributed by atoms with Crippen molar-refractivity contribution in [1.29, 1.82) is 5.26 Å². The van der Waals surface area contributed by atoms with E-state index in [1.54, 1.807) is 36.5 Å². The van der Waals surface area contributed by atoms with Gasteiger partial charge < -0.3 is 10.1 Å². The van der Waals surface area contributed by atoms with Gasteiger partial charge in [-0.15, -0.1) is 0 Å². The molecule has 8 heteroatoms. The van der Waals surface area contributed by atoms with Crippen LogP contribution in [0.25, 0.3) is 5.82 Å². The van der Waals surface area contributed by atoms with Gasteiger partial charge in [-0.2, -0.15) is 15.0 Å². The molecule has 3 aromatic rings. The van der Waals surface area contributed by atoms with Gasteiger partial charge in [0.05, 0.1) is 18.9 Å². The first-order chi connectivity index (χ1) is 14.0. The van der Waals surface area contributed by atoms with Gasteiger partial charge >= 0.3 is 0 Å². The molecule has 146 valence electrons. The SMILES string of the molecule is COc1ccc(C)cc1C(=O)CCC(=O)Nc1c(C#N)cnn1-c1ccccn1. The lowest BCUT2D eigenvalue weighted by Crippen LogP contribution is -2.17. The molecule has 2 aromatic heterocycles. The van der Waals surface area contributed by atoms with E-state index in [1.807, 2.05) is 19.1 Å². The molecule has 0 atom stereocenters. The maximum atomic E-state index is 12.6. The fourth-order valence-electron chi connectivity index (χ4n) is 2.80. The fourth-order valence-corrected chi connectivity index (χ4v) is 2.80. The number of rotatable bonds is 7. The van der Waals surface area contributed by atoms with Crippen LogP contribution in [0, 0.1) is 18.3 Å². The van der Waals surface area contributed by atoms with Crippen molar-refractivity contribution in [3.8, 4) is 17.6 Å². The molecular weight excluding hydrogens is 370 g/mol. The van der Waals surface area contributed by atoms with Gasteiger partial charge in [0.1, 0.15) is 17.4 Å². The maximum Gasteiger partial charge on any atom is 0.226 e. The van der Waals surface area contributed by atoms with Crippen LogP contribution < -0.4 is 10.1 Å². The van der Waals surface area contributed by atoms with Crippen LogP contribution in [0.3, 0.4) is 0 Å². The standard InChI is InChI=1S/C21H19N5O3/c1-14-6-8-18(29-2)16(11-14)17(27)7-9-20(28)25-21-15(12-22)13-24-26(21)19-5-3-4-10-23-19/h3-6,8,10-11,13H,7,9H2,1-2H3,(H,25,28). The predicted molar refractivity (Wildman–Crippen MR) is 106 cm³/mol. The molecular formula is C21H19N5O3. The van der Waals surface area contributed by atoms with Crippen LogP contribution >= 0.6 is 0 Å². The van der Waals surface area contributed by atoms with E-state index < -0.39 is 5.91 Å². The highest BCUT2D eigenvalue weighted by atomic mass is 16.5. The Balaban J connectivity index is 1.72. The molecule has 0 unspecified atom stereocenters. The number of ether oxygens (including phenoxy) is 1. The van der Waals surface area contributed by atoms with Crippen LogP contribution in [-0.4, -0.2) is 33.6 Å². The molecule has 1 N–H and O–H groups in total. The summed E-state index contributed by atoms with van der Waals surface area (Å²) in [6, 6.07) is 12.5. The second kappa shape index (κ2) is 8.80. The number of amides is 1. The molecule has 29 heavy (non-hydrogen) atoms. The smallest absolute Gasteiger partial charge is 0.226 e. The normalized spacial score (nSPS) is 10.2. The minimum Gasteiger partial charge on any atom is -0.496 e. The number of methoxy groups -OCH3 is 1. The molecule has 0 spiro atoms. The van der Waals surface area contributed by atoms with Crippen LogP contribution in [0.4, 0.5) is 5.82 Å². The number of nitrogens with one attached hydrogen (secondary N) is 1. The summed E-state index contributed by atoms with van der Waals surface area (Å²) in [6.07, 6.45) is 2.90. The van der Waals surface area contributed by atoms with Crippen molar-refractivity contribution >= 4 is 17.5 Å². The molecule has 0 saturated heterocycles. The molecule has 0 aliphatic rings. The molecule has 0 bridgehead atoms. The highest BCUT2D eigenvalue weighted by Gasteiger charge is 2.18. The number of Topliss-reactive ketones (excluding diaryl/α,β-unsaturated/α-hetero) is 1. The molecule has 0 radical (unpaired) electrons. The summed E-state index contributed by atoms with van der Waals surface area (Å²) in [5.74, 6) is 0.557. The first-order valence-electron chi connectivity index (χ1n) is 8.90. The average molecular weight is 389 g/mol. The topological polar surface area (TPSA) is 110 Å². The lowest BCUT2D eigenvalue weighted by atomic mass is 10.0. The van der Waals surface area contributed by atoms with Gasteiger partial charge in [0.25, 0.3) is 0 Å². The number of hydrogen-bond acceptors (Lipinski definition) is 6. The van der Waals surface area contributed by atoms with Gasteiger partial charge in [0.2, 0.25) is 5.91 Å². The Morgan fingerprint density at radius 1 is 1.24 bits per heavy atom. The Labute approximate surface area is 167 Å². The lowest BCUT2D eigenvalue weighted by Gasteiger charge is -2.10. The van der Waals surface area contributed by atoms with Gasteiger partial charge in [0.15, 0.2) is 17.4 Å². The van der Waals surface area contributed by atoms with Gasteiger partial charge in [0, 0.05) is 19.0 Å². The number of ketones is 1. The second-order valence-corrected chi connectivity index (χ2v) is 6.29. The molecule has 0 aliphatic carbocycles. The van der Waals surface area contributed by atoms with Crippen molar-refractivity contribution in [3.63, 3.8) is 0 Å². The average Bonchev–Trinajstić information content (AvgIpc) is 3.15. The molecule has 0 saturated carbocycles. The van der Waals surface area contributed by atoms with E-state index in [2.05, 4.69) is 15.4 Å². The molecule has 1 amide bonds. The molecule has 8 nitrogen and oxygen atoms in total. The fraction of sp³-hybridized carbons (Fsp3) is 0.190. The molecule has 3 rings (SSSR count). The van der Waals surface area contributed by atoms with Crippen molar-refractivity contribution in [3.05, 3.63) is 65.5 Å². The number of aromatic nitrogens is 3. The summed E-state index contributed by atoms with van der Waals surface area (Å²) < 4.78 is 6.61. The Morgan fingerprint density at radius 3 is 2.76 bits per heavy atom. The summed E-state index contributed by atoms with van der Waals surface area (Å²) in [4.78, 5) is 29.2. The number of aryl methyl sites for hydroxylation is 1. The summed E-state index contributed by atoms with van der Waals surface area (Å²) in [7, 11) is 1.50. The molecule has 0 aliphatic heterocycles. The quantitative estimate of drug-likeness (QED) is 0.622. The van der Waals surface area contributed by atoms with E-state index in [1.165, 1.54) is 18.0 Å². The van der Waals surface area contributed by atoms with Crippen LogP contribution in [0.1, 0.15) is 34.3 Å². The van der Waals surface area contributed by atoms with Gasteiger partial charge in [-0.25, -0.2) is 4.98 Å². The van der Waals surface area contributed by atoms with E-state index in [4.69, 9.17) is 4.74 Å². The number of nitrogens with zero attached hydrogens (tertiary/aromatic N) is 4. The van der Waals surface area contributed by atoms with Crippen molar-refractivity contribution in [2.75, 3.05) is 12.4 Å². The molecule has 0 fully saturated rings. The molecule has 2 heterocycles. The number of carbonyl (C=O) groups excluding carboxylic acids is 2. The first kappa shape index (κ1) is 19.8. The van der Waals surface area contributed by atoms with Gasteiger partial charge in [-0.3, -0.25) is 9.59 Å². The van der Waals surface area contributed by atoms with E-state index in [-0.39, 0.29) is 30.0 Å². The largest absolute Gasteiger partial charge is 0.496 e. The van der Waals surface area contributed by atoms with Crippen LogP contribution in [0.2, 0.25) is 0 Å². The Kier molecular flexibility index (Phi) is 6.00. The van der Waals surface area contributed by atoms with E-state index in [9.17, 15) is 14.9 Å². The predicted octanol–water partition coefficient (Wildman–Crippen LogP) is 3.06. The van der Waals surface area contributed by atoms with Crippen LogP contribution in [0.15, 0.2) is 48.8 Å². The Bertz CT molecular complexity index is 1080. The number of nitriles is 1. The number of benzene rings is 1. The first-order valence-corrected chi connectivity index (χ1v) is 8.90. The number of hydrogen-bond donors (Lipinski definition) is 1. The highest BCUT2D eigenvalue weighted by Crippen LogP contribution is 2.22. The third-order valence-corrected chi connectivity index (χ3v) is 4.25. The minimum atomic E-state index is -0.404. The monoisotopic (exact) mass is 389 g/mol. The summed E-state index contributed by atoms with van der Waals surface area (Å²) >= 11 is 0. The van der Waals surface area contributed by atoms with Crippen molar-refractivity contribution in [2.45, 2.75) is 19.8 Å². The number of anilines is 1. The van der Waals surface area contributed by atoms with Crippen LogP contribution in [0.5, 0.6) is 5.75 Å². The third-order valence-electron chi connectivity index (χ3n) is 4.25. The van der Waals surface area contributed by atoms with E-state index in [0.717, 1.165) is 5.56 Å². The zero-order valence-electron chi connectivity index (χ0n) is 16.0. The van der Waals surface area contributed by atoms with Crippen LogP contribution in [-0.2, 0) is 4.79 Å². The lowest BCUT2D eigenvalue weighted by molar-refractivity contribution is -0.116. The second-order valence-electron chi connectivity index (χ2n) is 6.29. The summed E-state index contributed by atoms with van der Waals surface area (Å²) in [5.41, 5.74) is 1.57. The number of pyridine rings is 1. The zero-order valence-corrected chi connectivity index (χ0v) is 16.0. The van der Waals surface area contributed by atoms with E-state index in [0.29, 0.717) is 17.1 Å². The number of carbonyl (C=O) groups is 2. The Hall–Kier alpha value is -3.99. The third kappa shape index (κ3) is 4.47.